The summed E-state index contributed by atoms with van der Waals surface area (Å²) in [6.45, 7) is 2.82. The lowest BCUT2D eigenvalue weighted by Gasteiger charge is -2.11. The molecule has 1 aliphatic carbocycles. The summed E-state index contributed by atoms with van der Waals surface area (Å²) in [4.78, 5) is 0. The van der Waals surface area contributed by atoms with Crippen molar-refractivity contribution in [2.24, 2.45) is 11.7 Å². The second-order valence-corrected chi connectivity index (χ2v) is 5.09. The molecule has 1 aliphatic rings. The van der Waals surface area contributed by atoms with Crippen LogP contribution in [0.4, 0.5) is 0 Å². The largest absolute Gasteiger partial charge is 0.492 e. The quantitative estimate of drug-likeness (QED) is 0.911. The van der Waals surface area contributed by atoms with Gasteiger partial charge in [-0.2, -0.15) is 0 Å². The van der Waals surface area contributed by atoms with E-state index in [1.165, 1.54) is 12.8 Å². The minimum atomic E-state index is 0.0683. The monoisotopic (exact) mass is 269 g/mol. The SMILES string of the molecule is C[C@@H](N)c1ccc(OCC2CC2)c(Br)c1. The molecule has 0 aromatic heterocycles. The van der Waals surface area contributed by atoms with Crippen LogP contribution >= 0.6 is 15.9 Å². The molecule has 2 N–H and O–H groups in total. The first kappa shape index (κ1) is 11.0. The van der Waals surface area contributed by atoms with E-state index >= 15 is 0 Å². The first-order valence-corrected chi connectivity index (χ1v) is 6.14. The van der Waals surface area contributed by atoms with Crippen LogP contribution in [0.3, 0.4) is 0 Å². The fraction of sp³-hybridized carbons (Fsp3) is 0.500. The number of ether oxygens (including phenoxy) is 1. The van der Waals surface area contributed by atoms with Gasteiger partial charge in [0.1, 0.15) is 5.75 Å². The maximum absolute atomic E-state index is 5.80. The Kier molecular flexibility index (Phi) is 3.32. The van der Waals surface area contributed by atoms with Gasteiger partial charge in [-0.25, -0.2) is 0 Å². The molecule has 0 unspecified atom stereocenters. The van der Waals surface area contributed by atoms with E-state index in [-0.39, 0.29) is 6.04 Å². The average Bonchev–Trinajstić information content (AvgIpc) is 2.99. The average molecular weight is 270 g/mol. The van der Waals surface area contributed by atoms with Gasteiger partial charge in [0, 0.05) is 6.04 Å². The number of hydrogen-bond acceptors (Lipinski definition) is 2. The molecule has 82 valence electrons. The fourth-order valence-electron chi connectivity index (χ4n) is 1.41. The van der Waals surface area contributed by atoms with Gasteiger partial charge >= 0.3 is 0 Å². The Morgan fingerprint density at radius 3 is 2.80 bits per heavy atom. The molecule has 0 spiro atoms. The van der Waals surface area contributed by atoms with Crippen LogP contribution < -0.4 is 10.5 Å². The summed E-state index contributed by atoms with van der Waals surface area (Å²) in [6.07, 6.45) is 2.63. The summed E-state index contributed by atoms with van der Waals surface area (Å²) in [7, 11) is 0. The van der Waals surface area contributed by atoms with E-state index in [9.17, 15) is 0 Å². The van der Waals surface area contributed by atoms with E-state index in [4.69, 9.17) is 10.5 Å². The van der Waals surface area contributed by atoms with Crippen LogP contribution in [0.15, 0.2) is 22.7 Å². The molecular weight excluding hydrogens is 254 g/mol. The summed E-state index contributed by atoms with van der Waals surface area (Å²) < 4.78 is 6.71. The lowest BCUT2D eigenvalue weighted by molar-refractivity contribution is 0.298. The van der Waals surface area contributed by atoms with Crippen molar-refractivity contribution in [3.8, 4) is 5.75 Å². The molecule has 0 heterocycles. The lowest BCUT2D eigenvalue weighted by atomic mass is 10.1. The number of rotatable bonds is 4. The molecule has 0 radical (unpaired) electrons. The maximum atomic E-state index is 5.80. The third-order valence-electron chi connectivity index (χ3n) is 2.65. The number of hydrogen-bond donors (Lipinski definition) is 1. The van der Waals surface area contributed by atoms with Gasteiger partial charge in [-0.15, -0.1) is 0 Å². The first-order valence-electron chi connectivity index (χ1n) is 5.34. The van der Waals surface area contributed by atoms with E-state index in [1.54, 1.807) is 0 Å². The van der Waals surface area contributed by atoms with Gasteiger partial charge in [0.05, 0.1) is 11.1 Å². The molecule has 0 bridgehead atoms. The molecular formula is C12H16BrNO. The lowest BCUT2D eigenvalue weighted by Crippen LogP contribution is -2.05. The van der Waals surface area contributed by atoms with E-state index in [0.717, 1.165) is 28.3 Å². The van der Waals surface area contributed by atoms with Crippen LogP contribution in [0, 0.1) is 5.92 Å². The summed E-state index contributed by atoms with van der Waals surface area (Å²) in [6, 6.07) is 6.12. The molecule has 15 heavy (non-hydrogen) atoms. The topological polar surface area (TPSA) is 35.2 Å². The number of halogens is 1. The Bertz CT molecular complexity index is 347. The smallest absolute Gasteiger partial charge is 0.133 e. The highest BCUT2D eigenvalue weighted by Gasteiger charge is 2.22. The standard InChI is InChI=1S/C12H16BrNO/c1-8(14)10-4-5-12(11(13)6-10)15-7-9-2-3-9/h4-6,8-9H,2-3,7,14H2,1H3/t8-/m1/s1. The van der Waals surface area contributed by atoms with Crippen molar-refractivity contribution in [3.63, 3.8) is 0 Å². The Balaban J connectivity index is 2.04. The molecule has 3 heteroatoms. The van der Waals surface area contributed by atoms with Gasteiger partial charge in [-0.05, 0) is 59.3 Å². The molecule has 2 rings (SSSR count). The van der Waals surface area contributed by atoms with Crippen molar-refractivity contribution >= 4 is 15.9 Å². The van der Waals surface area contributed by atoms with Crippen LogP contribution in [0.1, 0.15) is 31.4 Å². The Morgan fingerprint density at radius 1 is 1.53 bits per heavy atom. The third kappa shape index (κ3) is 2.95. The van der Waals surface area contributed by atoms with Crippen LogP contribution in [-0.4, -0.2) is 6.61 Å². The molecule has 0 aliphatic heterocycles. The van der Waals surface area contributed by atoms with Gasteiger partial charge in [0.25, 0.3) is 0 Å². The molecule has 1 aromatic carbocycles. The minimum absolute atomic E-state index is 0.0683. The van der Waals surface area contributed by atoms with Crippen LogP contribution in [0.5, 0.6) is 5.75 Å². The second-order valence-electron chi connectivity index (χ2n) is 4.23. The van der Waals surface area contributed by atoms with Crippen LogP contribution in [-0.2, 0) is 0 Å². The van der Waals surface area contributed by atoms with Crippen LogP contribution in [0.25, 0.3) is 0 Å². The van der Waals surface area contributed by atoms with E-state index in [2.05, 4.69) is 15.9 Å². The van der Waals surface area contributed by atoms with Crippen molar-refractivity contribution in [3.05, 3.63) is 28.2 Å². The number of benzene rings is 1. The van der Waals surface area contributed by atoms with E-state index in [1.807, 2.05) is 25.1 Å². The number of nitrogens with two attached hydrogens (primary N) is 1. The summed E-state index contributed by atoms with van der Waals surface area (Å²) in [5.41, 5.74) is 6.93. The van der Waals surface area contributed by atoms with Crippen molar-refractivity contribution in [1.82, 2.24) is 0 Å². The Morgan fingerprint density at radius 2 is 2.27 bits per heavy atom. The zero-order chi connectivity index (χ0) is 10.8. The van der Waals surface area contributed by atoms with Gasteiger partial charge in [-0.1, -0.05) is 6.07 Å². The predicted molar refractivity (Wildman–Crippen MR) is 65.0 cm³/mol. The van der Waals surface area contributed by atoms with E-state index in [0.29, 0.717) is 0 Å². The normalized spacial score (nSPS) is 17.5. The molecule has 1 atom stereocenters. The fourth-order valence-corrected chi connectivity index (χ4v) is 1.92. The van der Waals surface area contributed by atoms with Gasteiger partial charge in [0.15, 0.2) is 0 Å². The van der Waals surface area contributed by atoms with Gasteiger partial charge < -0.3 is 10.5 Å². The van der Waals surface area contributed by atoms with Gasteiger partial charge in [0.2, 0.25) is 0 Å². The Hall–Kier alpha value is -0.540. The summed E-state index contributed by atoms with van der Waals surface area (Å²) in [5.74, 6) is 1.70. The minimum Gasteiger partial charge on any atom is -0.492 e. The highest BCUT2D eigenvalue weighted by atomic mass is 79.9. The molecule has 2 nitrogen and oxygen atoms in total. The predicted octanol–water partition coefficient (Wildman–Crippen LogP) is 3.26. The Labute approximate surface area is 98.9 Å². The summed E-state index contributed by atoms with van der Waals surface area (Å²) in [5, 5.41) is 0. The van der Waals surface area contributed by atoms with Gasteiger partial charge in [-0.3, -0.25) is 0 Å². The van der Waals surface area contributed by atoms with Crippen molar-refractivity contribution in [1.29, 1.82) is 0 Å². The molecule has 1 fully saturated rings. The molecule has 0 saturated heterocycles. The molecule has 0 amide bonds. The second kappa shape index (κ2) is 4.54. The third-order valence-corrected chi connectivity index (χ3v) is 3.27. The van der Waals surface area contributed by atoms with Crippen LogP contribution in [0.2, 0.25) is 0 Å². The zero-order valence-electron chi connectivity index (χ0n) is 8.87. The zero-order valence-corrected chi connectivity index (χ0v) is 10.5. The van der Waals surface area contributed by atoms with Crippen molar-refractivity contribution in [2.75, 3.05) is 6.61 Å². The highest BCUT2D eigenvalue weighted by molar-refractivity contribution is 9.10. The van der Waals surface area contributed by atoms with Crippen molar-refractivity contribution < 1.29 is 4.74 Å². The molecule has 1 saturated carbocycles. The highest BCUT2D eigenvalue weighted by Crippen LogP contribution is 2.32. The van der Waals surface area contributed by atoms with Crippen molar-refractivity contribution in [2.45, 2.75) is 25.8 Å². The summed E-state index contributed by atoms with van der Waals surface area (Å²) >= 11 is 3.51. The molecule has 1 aromatic rings. The maximum Gasteiger partial charge on any atom is 0.133 e. The first-order chi connectivity index (χ1) is 7.16. The van der Waals surface area contributed by atoms with E-state index < -0.39 is 0 Å².